The fourth-order valence-corrected chi connectivity index (χ4v) is 2.52. The molecule has 1 heterocycles. The molecule has 0 aliphatic heterocycles. The zero-order valence-electron chi connectivity index (χ0n) is 10.3. The molecule has 1 amide bonds. The summed E-state index contributed by atoms with van der Waals surface area (Å²) in [5.74, 6) is 0.0767. The van der Waals surface area contributed by atoms with E-state index in [1.165, 1.54) is 18.4 Å². The van der Waals surface area contributed by atoms with Gasteiger partial charge in [-0.05, 0) is 29.9 Å². The highest BCUT2D eigenvalue weighted by molar-refractivity contribution is 7.98. The molecule has 5 nitrogen and oxygen atoms in total. The van der Waals surface area contributed by atoms with E-state index in [0.717, 1.165) is 5.75 Å². The van der Waals surface area contributed by atoms with Gasteiger partial charge in [0.05, 0.1) is 18.8 Å². The third kappa shape index (κ3) is 4.01. The molecule has 0 saturated carbocycles. The van der Waals surface area contributed by atoms with Crippen LogP contribution in [0.2, 0.25) is 0 Å². The highest BCUT2D eigenvalue weighted by Gasteiger charge is 2.18. The van der Waals surface area contributed by atoms with E-state index in [1.54, 1.807) is 23.2 Å². The van der Waals surface area contributed by atoms with Gasteiger partial charge in [-0.1, -0.05) is 0 Å². The fraction of sp³-hybridized carbons (Fsp3) is 0.455. The number of thioether (sulfide) groups is 1. The maximum Gasteiger partial charge on any atom is 0.350 e. The molecule has 7 heteroatoms. The number of ether oxygens (including phenoxy) is 1. The number of thiophene rings is 1. The molecule has 0 aliphatic carbocycles. The zero-order chi connectivity index (χ0) is 13.5. The van der Waals surface area contributed by atoms with Gasteiger partial charge in [-0.25, -0.2) is 4.79 Å². The lowest BCUT2D eigenvalue weighted by Crippen LogP contribution is -2.36. The summed E-state index contributed by atoms with van der Waals surface area (Å²) in [6, 6.07) is 1.10. The van der Waals surface area contributed by atoms with E-state index in [9.17, 15) is 9.59 Å². The second-order valence-electron chi connectivity index (χ2n) is 3.53. The Morgan fingerprint density at radius 1 is 1.61 bits per heavy atom. The van der Waals surface area contributed by atoms with E-state index in [4.69, 9.17) is 5.73 Å². The second kappa shape index (κ2) is 7.40. The van der Waals surface area contributed by atoms with Crippen molar-refractivity contribution in [3.05, 3.63) is 16.3 Å². The Morgan fingerprint density at radius 3 is 2.94 bits per heavy atom. The Morgan fingerprint density at radius 2 is 2.33 bits per heavy atom. The fourth-order valence-electron chi connectivity index (χ4n) is 1.26. The number of hydrogen-bond acceptors (Lipinski definition) is 6. The van der Waals surface area contributed by atoms with Gasteiger partial charge in [0.15, 0.2) is 0 Å². The first-order valence-corrected chi connectivity index (χ1v) is 7.58. The van der Waals surface area contributed by atoms with Crippen molar-refractivity contribution < 1.29 is 14.3 Å². The van der Waals surface area contributed by atoms with Crippen LogP contribution in [0.5, 0.6) is 0 Å². The van der Waals surface area contributed by atoms with Crippen LogP contribution in [0.1, 0.15) is 16.1 Å². The van der Waals surface area contributed by atoms with Crippen molar-refractivity contribution in [3.8, 4) is 0 Å². The van der Waals surface area contributed by atoms with Crippen molar-refractivity contribution in [2.75, 3.05) is 24.4 Å². The molecule has 0 unspecified atom stereocenters. The third-order valence-electron chi connectivity index (χ3n) is 2.26. The molecule has 100 valence electrons. The molecule has 0 fully saturated rings. The number of hydrogen-bond donors (Lipinski definition) is 2. The first kappa shape index (κ1) is 15.0. The lowest BCUT2D eigenvalue weighted by Gasteiger charge is -2.11. The maximum absolute atomic E-state index is 11.8. The zero-order valence-corrected chi connectivity index (χ0v) is 11.9. The van der Waals surface area contributed by atoms with Gasteiger partial charge in [0.1, 0.15) is 4.88 Å². The second-order valence-corrected chi connectivity index (χ2v) is 5.43. The number of carbonyl (C=O) groups excluding carboxylic acids is 2. The summed E-state index contributed by atoms with van der Waals surface area (Å²) in [5, 5.41) is 4.37. The van der Waals surface area contributed by atoms with Gasteiger partial charge >= 0.3 is 5.97 Å². The Balaban J connectivity index is 2.64. The number of carbonyl (C=O) groups is 2. The number of methoxy groups -OCH3 is 1. The van der Waals surface area contributed by atoms with E-state index in [0.29, 0.717) is 17.0 Å². The lowest BCUT2D eigenvalue weighted by atomic mass is 10.2. The monoisotopic (exact) mass is 288 g/mol. The van der Waals surface area contributed by atoms with E-state index in [-0.39, 0.29) is 5.91 Å². The van der Waals surface area contributed by atoms with Crippen LogP contribution in [0.15, 0.2) is 11.4 Å². The van der Waals surface area contributed by atoms with Crippen molar-refractivity contribution in [1.29, 1.82) is 0 Å². The molecule has 0 spiro atoms. The van der Waals surface area contributed by atoms with Crippen molar-refractivity contribution in [1.82, 2.24) is 0 Å². The quantitative estimate of drug-likeness (QED) is 0.776. The van der Waals surface area contributed by atoms with Crippen molar-refractivity contribution >= 4 is 40.7 Å². The first-order chi connectivity index (χ1) is 8.60. The van der Waals surface area contributed by atoms with Crippen molar-refractivity contribution in [2.45, 2.75) is 12.5 Å². The molecule has 0 radical (unpaired) electrons. The number of nitrogens with one attached hydrogen (secondary N) is 1. The van der Waals surface area contributed by atoms with E-state index in [2.05, 4.69) is 10.1 Å². The standard InChI is InChI=1S/C11H16N2O3S2/c1-16-11(15)9-8(4-6-18-9)13-10(14)7(12)3-5-17-2/h4,6-7H,3,5,12H2,1-2H3,(H,13,14)/t7-/m1/s1. The summed E-state index contributed by atoms with van der Waals surface area (Å²) < 4.78 is 4.63. The molecule has 1 aromatic rings. The minimum atomic E-state index is -0.567. The van der Waals surface area contributed by atoms with Crippen LogP contribution in [-0.4, -0.2) is 37.0 Å². The van der Waals surface area contributed by atoms with Crippen LogP contribution < -0.4 is 11.1 Å². The molecule has 0 bridgehead atoms. The molecule has 1 atom stereocenters. The van der Waals surface area contributed by atoms with Gasteiger partial charge in [0, 0.05) is 0 Å². The smallest absolute Gasteiger partial charge is 0.350 e. The van der Waals surface area contributed by atoms with Gasteiger partial charge in [-0.15, -0.1) is 11.3 Å². The largest absolute Gasteiger partial charge is 0.465 e. The molecule has 0 aromatic carbocycles. The minimum Gasteiger partial charge on any atom is -0.465 e. The van der Waals surface area contributed by atoms with Crippen molar-refractivity contribution in [2.24, 2.45) is 5.73 Å². The SMILES string of the molecule is COC(=O)c1sccc1NC(=O)[C@H](N)CCSC. The van der Waals surface area contributed by atoms with Crippen LogP contribution in [0, 0.1) is 0 Å². The predicted molar refractivity (Wildman–Crippen MR) is 75.3 cm³/mol. The topological polar surface area (TPSA) is 81.4 Å². The van der Waals surface area contributed by atoms with Crippen LogP contribution in [0.3, 0.4) is 0 Å². The number of anilines is 1. The van der Waals surface area contributed by atoms with Crippen LogP contribution in [0.4, 0.5) is 5.69 Å². The average Bonchev–Trinajstić information content (AvgIpc) is 2.82. The highest BCUT2D eigenvalue weighted by Crippen LogP contribution is 2.23. The van der Waals surface area contributed by atoms with Gasteiger partial charge in [-0.3, -0.25) is 4.79 Å². The van der Waals surface area contributed by atoms with Gasteiger partial charge < -0.3 is 15.8 Å². The number of esters is 1. The van der Waals surface area contributed by atoms with Crippen molar-refractivity contribution in [3.63, 3.8) is 0 Å². The summed E-state index contributed by atoms with van der Waals surface area (Å²) in [6.07, 6.45) is 2.56. The minimum absolute atomic E-state index is 0.285. The number of nitrogens with two attached hydrogens (primary N) is 1. The Hall–Kier alpha value is -1.05. The summed E-state index contributed by atoms with van der Waals surface area (Å²) in [5.41, 5.74) is 6.20. The molecule has 3 N–H and O–H groups in total. The molecule has 18 heavy (non-hydrogen) atoms. The number of rotatable bonds is 6. The summed E-state index contributed by atoms with van der Waals surface area (Å²) in [7, 11) is 1.30. The predicted octanol–water partition coefficient (Wildman–Crippen LogP) is 1.55. The molecule has 1 rings (SSSR count). The summed E-state index contributed by atoms with van der Waals surface area (Å²) in [4.78, 5) is 23.6. The normalized spacial score (nSPS) is 11.9. The number of amides is 1. The van der Waals surface area contributed by atoms with Crippen LogP contribution in [0.25, 0.3) is 0 Å². The first-order valence-electron chi connectivity index (χ1n) is 5.31. The van der Waals surface area contributed by atoms with Crippen LogP contribution in [-0.2, 0) is 9.53 Å². The summed E-state index contributed by atoms with van der Waals surface area (Å²) >= 11 is 2.85. The Kier molecular flexibility index (Phi) is 6.17. The Bertz CT molecular complexity index is 420. The summed E-state index contributed by atoms with van der Waals surface area (Å²) in [6.45, 7) is 0. The van der Waals surface area contributed by atoms with E-state index >= 15 is 0 Å². The van der Waals surface area contributed by atoms with Crippen LogP contribution >= 0.6 is 23.1 Å². The molecule has 1 aromatic heterocycles. The molecule has 0 aliphatic rings. The molecular weight excluding hydrogens is 272 g/mol. The van der Waals surface area contributed by atoms with Gasteiger partial charge in [0.25, 0.3) is 0 Å². The third-order valence-corrected chi connectivity index (χ3v) is 3.80. The lowest BCUT2D eigenvalue weighted by molar-refractivity contribution is -0.117. The van der Waals surface area contributed by atoms with E-state index in [1.807, 2.05) is 6.26 Å². The van der Waals surface area contributed by atoms with Gasteiger partial charge in [0.2, 0.25) is 5.91 Å². The Labute approximate surface area is 114 Å². The molecule has 0 saturated heterocycles. The highest BCUT2D eigenvalue weighted by atomic mass is 32.2. The van der Waals surface area contributed by atoms with E-state index < -0.39 is 12.0 Å². The molecular formula is C11H16N2O3S2. The van der Waals surface area contributed by atoms with Gasteiger partial charge in [-0.2, -0.15) is 11.8 Å². The maximum atomic E-state index is 11.8. The average molecular weight is 288 g/mol.